The Morgan fingerprint density at radius 2 is 1.83 bits per heavy atom. The van der Waals surface area contributed by atoms with Gasteiger partial charge in [-0.3, -0.25) is 4.90 Å². The van der Waals surface area contributed by atoms with Gasteiger partial charge in [0.25, 0.3) is 0 Å². The summed E-state index contributed by atoms with van der Waals surface area (Å²) in [6.45, 7) is 13.8. The third-order valence-electron chi connectivity index (χ3n) is 3.61. The number of aliphatic hydroxyl groups is 1. The van der Waals surface area contributed by atoms with Crippen molar-refractivity contribution in [1.29, 1.82) is 0 Å². The van der Waals surface area contributed by atoms with Crippen molar-refractivity contribution in [2.45, 2.75) is 53.7 Å². The minimum absolute atomic E-state index is 0.0465. The Morgan fingerprint density at radius 3 is 2.39 bits per heavy atom. The molecule has 0 aromatic heterocycles. The first-order chi connectivity index (χ1) is 10.5. The molecule has 0 spiro atoms. The van der Waals surface area contributed by atoms with Gasteiger partial charge in [-0.1, -0.05) is 36.1 Å². The van der Waals surface area contributed by atoms with E-state index in [2.05, 4.69) is 63.6 Å². The number of benzene rings is 1. The van der Waals surface area contributed by atoms with Crippen LogP contribution in [0.1, 0.15) is 51.3 Å². The van der Waals surface area contributed by atoms with Crippen molar-refractivity contribution in [2.75, 3.05) is 13.6 Å². The molecule has 0 fully saturated rings. The molecule has 23 heavy (non-hydrogen) atoms. The number of likely N-dealkylation sites (N-methyl/N-ethyl adjacent to an activating group) is 1. The first-order valence-corrected chi connectivity index (χ1v) is 8.18. The molecule has 0 aliphatic heterocycles. The smallest absolute Gasteiger partial charge is 0.0843 e. The topological polar surface area (TPSA) is 23.5 Å². The maximum atomic E-state index is 10.3. The van der Waals surface area contributed by atoms with Gasteiger partial charge in [0.2, 0.25) is 0 Å². The van der Waals surface area contributed by atoms with Crippen molar-refractivity contribution in [3.8, 4) is 11.8 Å². The minimum atomic E-state index is -0.804. The molecule has 0 bridgehead atoms. The summed E-state index contributed by atoms with van der Waals surface area (Å²) in [5.41, 5.74) is 2.66. The van der Waals surface area contributed by atoms with E-state index in [1.54, 1.807) is 0 Å². The fraction of sp³-hybridized carbons (Fsp3) is 0.524. The number of rotatable bonds is 5. The highest BCUT2D eigenvalue weighted by Gasteiger charge is 2.19. The van der Waals surface area contributed by atoms with Crippen LogP contribution in [0.15, 0.2) is 30.4 Å². The molecule has 1 N–H and O–H groups in total. The molecule has 0 aliphatic rings. The zero-order valence-corrected chi connectivity index (χ0v) is 15.7. The lowest BCUT2D eigenvalue weighted by molar-refractivity contribution is 0.0777. The summed E-state index contributed by atoms with van der Waals surface area (Å²) in [7, 11) is 2.09. The summed E-state index contributed by atoms with van der Waals surface area (Å²) in [4.78, 5) is 2.24. The van der Waals surface area contributed by atoms with Crippen LogP contribution in [-0.2, 0) is 12.1 Å². The molecule has 1 aromatic carbocycles. The van der Waals surface area contributed by atoms with Crippen LogP contribution in [0.2, 0.25) is 0 Å². The minimum Gasteiger partial charge on any atom is -0.386 e. The third kappa shape index (κ3) is 7.03. The van der Waals surface area contributed by atoms with Gasteiger partial charge in [0, 0.05) is 18.5 Å². The largest absolute Gasteiger partial charge is 0.386 e. The van der Waals surface area contributed by atoms with E-state index in [1.807, 2.05) is 32.1 Å². The number of allylic oxidation sites excluding steroid dienone is 1. The molecular weight excluding hydrogens is 282 g/mol. The summed E-state index contributed by atoms with van der Waals surface area (Å²) in [5.74, 6) is 6.29. The summed E-state index contributed by atoms with van der Waals surface area (Å²) >= 11 is 0. The molecule has 0 saturated carbocycles. The predicted octanol–water partition coefficient (Wildman–Crippen LogP) is 4.26. The number of nitrogens with zero attached hydrogens (tertiary/aromatic N) is 1. The van der Waals surface area contributed by atoms with E-state index in [4.69, 9.17) is 0 Å². The van der Waals surface area contributed by atoms with Gasteiger partial charge in [0.05, 0.1) is 5.60 Å². The monoisotopic (exact) mass is 313 g/mol. The predicted molar refractivity (Wildman–Crippen MR) is 99.1 cm³/mol. The standard InChI is InChI=1S/C21H31NO/c1-17-18(12-11-13-19(17)21(5,6)23)16-22(7)15-10-8-9-14-20(2,3)4/h8,10-13,23H,15-16H2,1-7H3/b10-8+. The molecule has 0 atom stereocenters. The fourth-order valence-electron chi connectivity index (χ4n) is 2.42. The quantitative estimate of drug-likeness (QED) is 0.821. The van der Waals surface area contributed by atoms with E-state index in [-0.39, 0.29) is 5.41 Å². The summed E-state index contributed by atoms with van der Waals surface area (Å²) in [5, 5.41) is 10.3. The van der Waals surface area contributed by atoms with E-state index in [0.29, 0.717) is 0 Å². The fourth-order valence-corrected chi connectivity index (χ4v) is 2.42. The molecule has 126 valence electrons. The Bertz CT molecular complexity index is 603. The molecule has 0 radical (unpaired) electrons. The lowest BCUT2D eigenvalue weighted by atomic mass is 9.91. The average Bonchev–Trinajstić information content (AvgIpc) is 2.38. The molecule has 2 nitrogen and oxygen atoms in total. The van der Waals surface area contributed by atoms with E-state index < -0.39 is 5.60 Å². The molecule has 2 heteroatoms. The number of hydrogen-bond acceptors (Lipinski definition) is 2. The Hall–Kier alpha value is -1.56. The molecule has 0 saturated heterocycles. The normalized spacial score (nSPS) is 12.6. The molecular formula is C21H31NO. The van der Waals surface area contributed by atoms with Gasteiger partial charge in [-0.25, -0.2) is 0 Å². The Morgan fingerprint density at radius 1 is 1.17 bits per heavy atom. The van der Waals surface area contributed by atoms with E-state index in [9.17, 15) is 5.11 Å². The second-order valence-electron chi connectivity index (χ2n) is 7.77. The zero-order valence-electron chi connectivity index (χ0n) is 15.7. The van der Waals surface area contributed by atoms with Gasteiger partial charge in [0.1, 0.15) is 0 Å². The van der Waals surface area contributed by atoms with Gasteiger partial charge in [-0.05, 0) is 71.4 Å². The van der Waals surface area contributed by atoms with Crippen LogP contribution in [-0.4, -0.2) is 23.6 Å². The van der Waals surface area contributed by atoms with Gasteiger partial charge in [0.15, 0.2) is 0 Å². The van der Waals surface area contributed by atoms with Crippen molar-refractivity contribution in [2.24, 2.45) is 5.41 Å². The Kier molecular flexibility index (Phi) is 6.62. The maximum absolute atomic E-state index is 10.3. The van der Waals surface area contributed by atoms with Gasteiger partial charge in [-0.15, -0.1) is 0 Å². The zero-order chi connectivity index (χ0) is 17.7. The van der Waals surface area contributed by atoms with Crippen molar-refractivity contribution < 1.29 is 5.11 Å². The van der Waals surface area contributed by atoms with Crippen LogP contribution in [0.5, 0.6) is 0 Å². The molecule has 0 amide bonds. The van der Waals surface area contributed by atoms with E-state index >= 15 is 0 Å². The van der Waals surface area contributed by atoms with Crippen molar-refractivity contribution in [3.05, 3.63) is 47.0 Å². The second kappa shape index (κ2) is 7.81. The Labute approximate surface area is 142 Å². The SMILES string of the molecule is Cc1c(CN(C)C/C=C/C#CC(C)(C)C)cccc1C(C)(C)O. The summed E-state index contributed by atoms with van der Waals surface area (Å²) in [6, 6.07) is 6.15. The highest BCUT2D eigenvalue weighted by Crippen LogP contribution is 2.26. The van der Waals surface area contributed by atoms with E-state index in [0.717, 1.165) is 18.7 Å². The van der Waals surface area contributed by atoms with Crippen LogP contribution < -0.4 is 0 Å². The highest BCUT2D eigenvalue weighted by molar-refractivity contribution is 5.37. The van der Waals surface area contributed by atoms with Gasteiger partial charge < -0.3 is 5.11 Å². The van der Waals surface area contributed by atoms with Gasteiger partial charge in [-0.2, -0.15) is 0 Å². The van der Waals surface area contributed by atoms with Crippen LogP contribution in [0, 0.1) is 24.2 Å². The van der Waals surface area contributed by atoms with Gasteiger partial charge >= 0.3 is 0 Å². The van der Waals surface area contributed by atoms with Crippen LogP contribution >= 0.6 is 0 Å². The summed E-state index contributed by atoms with van der Waals surface area (Å²) < 4.78 is 0. The van der Waals surface area contributed by atoms with Crippen molar-refractivity contribution in [1.82, 2.24) is 4.90 Å². The Balaban J connectivity index is 2.70. The molecule has 0 unspecified atom stereocenters. The van der Waals surface area contributed by atoms with Crippen molar-refractivity contribution in [3.63, 3.8) is 0 Å². The van der Waals surface area contributed by atoms with E-state index in [1.165, 1.54) is 11.1 Å². The first-order valence-electron chi connectivity index (χ1n) is 8.18. The highest BCUT2D eigenvalue weighted by atomic mass is 16.3. The molecule has 1 aromatic rings. The second-order valence-corrected chi connectivity index (χ2v) is 7.77. The summed E-state index contributed by atoms with van der Waals surface area (Å²) in [6.07, 6.45) is 4.02. The van der Waals surface area contributed by atoms with Crippen LogP contribution in [0.25, 0.3) is 0 Å². The molecule has 1 rings (SSSR count). The molecule has 0 heterocycles. The average molecular weight is 313 g/mol. The lowest BCUT2D eigenvalue weighted by Crippen LogP contribution is -2.21. The van der Waals surface area contributed by atoms with Crippen molar-refractivity contribution >= 4 is 0 Å². The lowest BCUT2D eigenvalue weighted by Gasteiger charge is -2.24. The first kappa shape index (κ1) is 19.5. The molecule has 0 aliphatic carbocycles. The number of hydrogen-bond donors (Lipinski definition) is 1. The van der Waals surface area contributed by atoms with Crippen LogP contribution in [0.4, 0.5) is 0 Å². The maximum Gasteiger partial charge on any atom is 0.0843 e. The van der Waals surface area contributed by atoms with Crippen LogP contribution in [0.3, 0.4) is 0 Å². The third-order valence-corrected chi connectivity index (χ3v) is 3.61.